The number of guanidine groups is 1. The quantitative estimate of drug-likeness (QED) is 0.496. The molecule has 6 nitrogen and oxygen atoms in total. The molecule has 0 atom stereocenters. The summed E-state index contributed by atoms with van der Waals surface area (Å²) in [4.78, 5) is 15.5. The van der Waals surface area contributed by atoms with E-state index >= 15 is 0 Å². The lowest BCUT2D eigenvalue weighted by atomic mass is 10.3. The van der Waals surface area contributed by atoms with E-state index in [9.17, 15) is 4.79 Å². The Morgan fingerprint density at radius 1 is 1.26 bits per heavy atom. The maximum atomic E-state index is 11.3. The van der Waals surface area contributed by atoms with Crippen LogP contribution in [-0.4, -0.2) is 38.0 Å². The molecule has 1 heterocycles. The van der Waals surface area contributed by atoms with Gasteiger partial charge in [0.1, 0.15) is 12.3 Å². The third-order valence-corrected chi connectivity index (χ3v) is 2.34. The Morgan fingerprint density at radius 3 is 2.68 bits per heavy atom. The third-order valence-electron chi connectivity index (χ3n) is 2.34. The van der Waals surface area contributed by atoms with E-state index in [-0.39, 0.29) is 12.5 Å². The van der Waals surface area contributed by atoms with E-state index in [1.807, 2.05) is 26.0 Å². The molecule has 0 aliphatic rings. The number of rotatable bonds is 7. The van der Waals surface area contributed by atoms with Gasteiger partial charge in [0.25, 0.3) is 0 Å². The first-order chi connectivity index (χ1) is 9.26. The molecule has 1 amide bonds. The van der Waals surface area contributed by atoms with Gasteiger partial charge in [-0.25, -0.2) is 4.99 Å². The molecule has 0 saturated carbocycles. The van der Waals surface area contributed by atoms with E-state index in [0.717, 1.165) is 18.7 Å². The Bertz CT molecular complexity index is 387. The predicted octanol–water partition coefficient (Wildman–Crippen LogP) is 0.513. The SMILES string of the molecule is CCNC(=O)CN=C(NCC)NCCc1ccco1. The van der Waals surface area contributed by atoms with Crippen LogP contribution >= 0.6 is 0 Å². The van der Waals surface area contributed by atoms with Crippen LogP contribution in [0.4, 0.5) is 0 Å². The first-order valence-corrected chi connectivity index (χ1v) is 6.57. The van der Waals surface area contributed by atoms with E-state index in [1.54, 1.807) is 6.26 Å². The van der Waals surface area contributed by atoms with Crippen LogP contribution in [0.3, 0.4) is 0 Å². The van der Waals surface area contributed by atoms with Crippen molar-refractivity contribution in [2.24, 2.45) is 4.99 Å². The summed E-state index contributed by atoms with van der Waals surface area (Å²) in [7, 11) is 0. The summed E-state index contributed by atoms with van der Waals surface area (Å²) in [6.07, 6.45) is 2.43. The molecule has 1 aromatic rings. The fraction of sp³-hybridized carbons (Fsp3) is 0.538. The van der Waals surface area contributed by atoms with Crippen molar-refractivity contribution in [3.63, 3.8) is 0 Å². The van der Waals surface area contributed by atoms with Crippen molar-refractivity contribution < 1.29 is 9.21 Å². The molecule has 19 heavy (non-hydrogen) atoms. The molecule has 0 aromatic carbocycles. The van der Waals surface area contributed by atoms with Crippen LogP contribution in [0.15, 0.2) is 27.8 Å². The van der Waals surface area contributed by atoms with Gasteiger partial charge in [-0.15, -0.1) is 0 Å². The first-order valence-electron chi connectivity index (χ1n) is 6.57. The summed E-state index contributed by atoms with van der Waals surface area (Å²) in [6, 6.07) is 3.80. The van der Waals surface area contributed by atoms with Gasteiger partial charge in [0, 0.05) is 26.1 Å². The van der Waals surface area contributed by atoms with Gasteiger partial charge >= 0.3 is 0 Å². The zero-order chi connectivity index (χ0) is 13.9. The Kier molecular flexibility index (Phi) is 7.16. The number of nitrogens with zero attached hydrogens (tertiary/aromatic N) is 1. The van der Waals surface area contributed by atoms with Gasteiger partial charge in [-0.3, -0.25) is 4.79 Å². The number of hydrogen-bond donors (Lipinski definition) is 3. The molecule has 1 aromatic heterocycles. The van der Waals surface area contributed by atoms with Gasteiger partial charge in [0.2, 0.25) is 5.91 Å². The standard InChI is InChI=1S/C13H22N4O2/c1-3-14-12(18)10-17-13(15-4-2)16-8-7-11-6-5-9-19-11/h5-6,9H,3-4,7-8,10H2,1-2H3,(H,14,18)(H2,15,16,17). The molecule has 1 rings (SSSR count). The Labute approximate surface area is 113 Å². The van der Waals surface area contributed by atoms with Crippen LogP contribution in [-0.2, 0) is 11.2 Å². The fourth-order valence-electron chi connectivity index (χ4n) is 1.50. The second kappa shape index (κ2) is 9.02. The summed E-state index contributed by atoms with van der Waals surface area (Å²) in [5.74, 6) is 1.48. The highest BCUT2D eigenvalue weighted by atomic mass is 16.3. The molecule has 0 bridgehead atoms. The number of carbonyl (C=O) groups is 1. The highest BCUT2D eigenvalue weighted by molar-refractivity contribution is 5.84. The minimum atomic E-state index is -0.0780. The van der Waals surface area contributed by atoms with Gasteiger partial charge in [-0.05, 0) is 26.0 Å². The van der Waals surface area contributed by atoms with Crippen LogP contribution in [0.25, 0.3) is 0 Å². The summed E-state index contributed by atoms with van der Waals surface area (Å²) < 4.78 is 5.24. The van der Waals surface area contributed by atoms with E-state index < -0.39 is 0 Å². The average Bonchev–Trinajstić information content (AvgIpc) is 2.89. The Morgan fingerprint density at radius 2 is 2.05 bits per heavy atom. The van der Waals surface area contributed by atoms with Crippen molar-refractivity contribution in [1.29, 1.82) is 0 Å². The maximum Gasteiger partial charge on any atom is 0.241 e. The molecule has 0 aliphatic carbocycles. The van der Waals surface area contributed by atoms with E-state index in [2.05, 4.69) is 20.9 Å². The van der Waals surface area contributed by atoms with Gasteiger partial charge < -0.3 is 20.4 Å². The second-order valence-electron chi connectivity index (χ2n) is 3.90. The zero-order valence-corrected chi connectivity index (χ0v) is 11.5. The van der Waals surface area contributed by atoms with Crippen LogP contribution < -0.4 is 16.0 Å². The molecule has 0 spiro atoms. The Balaban J connectivity index is 2.34. The molecule has 0 radical (unpaired) electrons. The van der Waals surface area contributed by atoms with Gasteiger partial charge in [-0.2, -0.15) is 0 Å². The highest BCUT2D eigenvalue weighted by Crippen LogP contribution is 1.99. The number of hydrogen-bond acceptors (Lipinski definition) is 3. The minimum absolute atomic E-state index is 0.0780. The molecule has 0 unspecified atom stereocenters. The molecule has 0 fully saturated rings. The number of amides is 1. The molecule has 3 N–H and O–H groups in total. The molecule has 0 aliphatic heterocycles. The number of nitrogens with one attached hydrogen (secondary N) is 3. The smallest absolute Gasteiger partial charge is 0.241 e. The molecule has 0 saturated heterocycles. The number of aliphatic imine (C=N–C) groups is 1. The number of likely N-dealkylation sites (N-methyl/N-ethyl adjacent to an activating group) is 1. The lowest BCUT2D eigenvalue weighted by molar-refractivity contribution is -0.119. The van der Waals surface area contributed by atoms with Gasteiger partial charge in [0.15, 0.2) is 5.96 Å². The normalized spacial score (nSPS) is 11.2. The highest BCUT2D eigenvalue weighted by Gasteiger charge is 2.01. The lowest BCUT2D eigenvalue weighted by Crippen LogP contribution is -2.39. The third kappa shape index (κ3) is 6.49. The summed E-state index contributed by atoms with van der Waals surface area (Å²) >= 11 is 0. The van der Waals surface area contributed by atoms with E-state index in [0.29, 0.717) is 19.0 Å². The Hall–Kier alpha value is -1.98. The fourth-order valence-corrected chi connectivity index (χ4v) is 1.50. The average molecular weight is 266 g/mol. The lowest BCUT2D eigenvalue weighted by Gasteiger charge is -2.10. The van der Waals surface area contributed by atoms with Crippen molar-refractivity contribution >= 4 is 11.9 Å². The monoisotopic (exact) mass is 266 g/mol. The summed E-state index contributed by atoms with van der Waals surface area (Å²) in [5.41, 5.74) is 0. The van der Waals surface area contributed by atoms with Crippen molar-refractivity contribution in [3.8, 4) is 0 Å². The van der Waals surface area contributed by atoms with Crippen LogP contribution in [0.5, 0.6) is 0 Å². The summed E-state index contributed by atoms with van der Waals surface area (Å²) in [5, 5.41) is 8.95. The van der Waals surface area contributed by atoms with Crippen molar-refractivity contribution in [2.75, 3.05) is 26.2 Å². The molecular formula is C13H22N4O2. The van der Waals surface area contributed by atoms with Crippen LogP contribution in [0, 0.1) is 0 Å². The second-order valence-corrected chi connectivity index (χ2v) is 3.90. The zero-order valence-electron chi connectivity index (χ0n) is 11.5. The number of carbonyl (C=O) groups excluding carboxylic acids is 1. The van der Waals surface area contributed by atoms with Crippen molar-refractivity contribution in [3.05, 3.63) is 24.2 Å². The van der Waals surface area contributed by atoms with E-state index in [1.165, 1.54) is 0 Å². The minimum Gasteiger partial charge on any atom is -0.469 e. The summed E-state index contributed by atoms with van der Waals surface area (Å²) in [6.45, 7) is 6.07. The predicted molar refractivity (Wildman–Crippen MR) is 75.1 cm³/mol. The molecular weight excluding hydrogens is 244 g/mol. The topological polar surface area (TPSA) is 78.7 Å². The van der Waals surface area contributed by atoms with Crippen LogP contribution in [0.2, 0.25) is 0 Å². The van der Waals surface area contributed by atoms with Crippen LogP contribution in [0.1, 0.15) is 19.6 Å². The van der Waals surface area contributed by atoms with E-state index in [4.69, 9.17) is 4.42 Å². The number of furan rings is 1. The van der Waals surface area contributed by atoms with Crippen molar-refractivity contribution in [1.82, 2.24) is 16.0 Å². The van der Waals surface area contributed by atoms with Gasteiger partial charge in [0.05, 0.1) is 6.26 Å². The molecule has 106 valence electrons. The van der Waals surface area contributed by atoms with Crippen molar-refractivity contribution in [2.45, 2.75) is 20.3 Å². The molecule has 6 heteroatoms. The first kappa shape index (κ1) is 15.1. The van der Waals surface area contributed by atoms with Gasteiger partial charge in [-0.1, -0.05) is 0 Å². The maximum absolute atomic E-state index is 11.3. The largest absolute Gasteiger partial charge is 0.469 e.